The van der Waals surface area contributed by atoms with Crippen molar-refractivity contribution in [3.63, 3.8) is 0 Å². The van der Waals surface area contributed by atoms with Gasteiger partial charge in [-0.1, -0.05) is 42.5 Å². The molecule has 25 heavy (non-hydrogen) atoms. The highest BCUT2D eigenvalue weighted by atomic mass is 35.5. The van der Waals surface area contributed by atoms with Gasteiger partial charge in [-0.05, 0) is 53.9 Å². The van der Waals surface area contributed by atoms with E-state index in [0.717, 1.165) is 32.4 Å². The first-order chi connectivity index (χ1) is 11.7. The van der Waals surface area contributed by atoms with Crippen molar-refractivity contribution in [2.75, 3.05) is 13.1 Å². The molecule has 1 saturated carbocycles. The molecule has 4 heteroatoms. The van der Waals surface area contributed by atoms with Crippen LogP contribution in [0.2, 0.25) is 0 Å². The van der Waals surface area contributed by atoms with Gasteiger partial charge >= 0.3 is 0 Å². The summed E-state index contributed by atoms with van der Waals surface area (Å²) >= 11 is 0. The third-order valence-electron chi connectivity index (χ3n) is 5.94. The standard InChI is InChI=1S/C21H26N2O.ClH/c22-20-11-10-18-13-23(14-19(18)20)21(24)7-3-4-15-8-9-16-5-1-2-6-17(16)12-15;/h1-2,5-6,8-9,12,18-20H,3-4,7,10-11,13-14,22H2;1H. The van der Waals surface area contributed by atoms with Crippen molar-refractivity contribution in [3.05, 3.63) is 48.0 Å². The minimum atomic E-state index is 0. The smallest absolute Gasteiger partial charge is 0.222 e. The molecule has 0 bridgehead atoms. The van der Waals surface area contributed by atoms with Crippen LogP contribution in [0.1, 0.15) is 31.2 Å². The Morgan fingerprint density at radius 1 is 1.08 bits per heavy atom. The first-order valence-corrected chi connectivity index (χ1v) is 9.22. The van der Waals surface area contributed by atoms with Crippen molar-refractivity contribution in [1.29, 1.82) is 0 Å². The predicted molar refractivity (Wildman–Crippen MR) is 105 cm³/mol. The minimum Gasteiger partial charge on any atom is -0.342 e. The van der Waals surface area contributed by atoms with Gasteiger partial charge in [-0.2, -0.15) is 0 Å². The molecule has 4 rings (SSSR count). The highest BCUT2D eigenvalue weighted by molar-refractivity contribution is 5.85. The third kappa shape index (κ3) is 3.83. The summed E-state index contributed by atoms with van der Waals surface area (Å²) in [7, 11) is 0. The Morgan fingerprint density at radius 2 is 1.88 bits per heavy atom. The van der Waals surface area contributed by atoms with E-state index in [4.69, 9.17) is 5.73 Å². The highest BCUT2D eigenvalue weighted by Crippen LogP contribution is 2.37. The van der Waals surface area contributed by atoms with Gasteiger partial charge in [0, 0.05) is 25.6 Å². The van der Waals surface area contributed by atoms with Crippen LogP contribution in [0.5, 0.6) is 0 Å². The normalized spacial score (nSPS) is 25.0. The second-order valence-electron chi connectivity index (χ2n) is 7.50. The first-order valence-electron chi connectivity index (χ1n) is 9.22. The Balaban J connectivity index is 0.00000182. The second-order valence-corrected chi connectivity index (χ2v) is 7.50. The van der Waals surface area contributed by atoms with E-state index >= 15 is 0 Å². The lowest BCUT2D eigenvalue weighted by Crippen LogP contribution is -2.33. The molecule has 1 saturated heterocycles. The van der Waals surface area contributed by atoms with Gasteiger partial charge in [0.15, 0.2) is 0 Å². The number of amides is 1. The van der Waals surface area contributed by atoms with E-state index in [0.29, 0.717) is 30.2 Å². The van der Waals surface area contributed by atoms with Crippen molar-refractivity contribution in [3.8, 4) is 0 Å². The number of hydrogen-bond donors (Lipinski definition) is 1. The summed E-state index contributed by atoms with van der Waals surface area (Å²) in [5.74, 6) is 1.52. The molecule has 3 atom stereocenters. The van der Waals surface area contributed by atoms with Gasteiger partial charge in [0.25, 0.3) is 0 Å². The number of fused-ring (bicyclic) bond motifs is 2. The molecule has 0 radical (unpaired) electrons. The molecule has 2 aromatic carbocycles. The first kappa shape index (κ1) is 18.2. The summed E-state index contributed by atoms with van der Waals surface area (Å²) in [4.78, 5) is 14.5. The average Bonchev–Trinajstić information content (AvgIpc) is 3.17. The van der Waals surface area contributed by atoms with E-state index in [-0.39, 0.29) is 12.4 Å². The van der Waals surface area contributed by atoms with Crippen LogP contribution >= 0.6 is 12.4 Å². The SMILES string of the molecule is Cl.NC1CCC2CN(C(=O)CCCc3ccc4ccccc4c3)CC12. The van der Waals surface area contributed by atoms with E-state index in [1.807, 2.05) is 0 Å². The van der Waals surface area contributed by atoms with Gasteiger partial charge in [0.2, 0.25) is 5.91 Å². The van der Waals surface area contributed by atoms with Crippen LogP contribution in [0.25, 0.3) is 10.8 Å². The largest absolute Gasteiger partial charge is 0.342 e. The summed E-state index contributed by atoms with van der Waals surface area (Å²) in [6.45, 7) is 1.83. The Morgan fingerprint density at radius 3 is 2.68 bits per heavy atom. The monoisotopic (exact) mass is 358 g/mol. The van der Waals surface area contributed by atoms with E-state index in [1.165, 1.54) is 22.8 Å². The molecule has 1 heterocycles. The van der Waals surface area contributed by atoms with Crippen molar-refractivity contribution >= 4 is 29.1 Å². The van der Waals surface area contributed by atoms with Crippen LogP contribution in [0.3, 0.4) is 0 Å². The maximum Gasteiger partial charge on any atom is 0.222 e. The molecule has 1 amide bonds. The molecule has 2 fully saturated rings. The number of benzene rings is 2. The van der Waals surface area contributed by atoms with Gasteiger partial charge in [0.05, 0.1) is 0 Å². The third-order valence-corrected chi connectivity index (χ3v) is 5.94. The predicted octanol–water partition coefficient (Wildman–Crippen LogP) is 3.78. The molecule has 2 aliphatic rings. The van der Waals surface area contributed by atoms with Crippen LogP contribution in [-0.2, 0) is 11.2 Å². The maximum absolute atomic E-state index is 12.5. The number of halogens is 1. The minimum absolute atomic E-state index is 0. The maximum atomic E-state index is 12.5. The summed E-state index contributed by atoms with van der Waals surface area (Å²) < 4.78 is 0. The summed E-state index contributed by atoms with van der Waals surface area (Å²) in [5, 5.41) is 2.56. The highest BCUT2D eigenvalue weighted by Gasteiger charge is 2.42. The zero-order valence-electron chi connectivity index (χ0n) is 14.6. The number of likely N-dealkylation sites (tertiary alicyclic amines) is 1. The molecule has 3 nitrogen and oxygen atoms in total. The average molecular weight is 359 g/mol. The van der Waals surface area contributed by atoms with Crippen LogP contribution in [0.15, 0.2) is 42.5 Å². The molecular weight excluding hydrogens is 332 g/mol. The number of carbonyl (C=O) groups is 1. The fourth-order valence-electron chi connectivity index (χ4n) is 4.51. The molecule has 0 spiro atoms. The van der Waals surface area contributed by atoms with E-state index in [2.05, 4.69) is 47.4 Å². The van der Waals surface area contributed by atoms with Crippen molar-refractivity contribution in [1.82, 2.24) is 4.90 Å². The number of hydrogen-bond acceptors (Lipinski definition) is 2. The van der Waals surface area contributed by atoms with Gasteiger partial charge in [-0.15, -0.1) is 12.4 Å². The van der Waals surface area contributed by atoms with Crippen molar-refractivity contribution in [2.24, 2.45) is 17.6 Å². The molecule has 1 aliphatic carbocycles. The Bertz CT molecular complexity index is 748. The Hall–Kier alpha value is -1.58. The lowest BCUT2D eigenvalue weighted by molar-refractivity contribution is -0.130. The van der Waals surface area contributed by atoms with Crippen molar-refractivity contribution in [2.45, 2.75) is 38.1 Å². The molecule has 1 aliphatic heterocycles. The summed E-state index contributed by atoms with van der Waals surface area (Å²) in [5.41, 5.74) is 7.49. The molecule has 3 unspecified atom stereocenters. The molecule has 2 aromatic rings. The summed E-state index contributed by atoms with van der Waals surface area (Å²) in [6, 6.07) is 15.3. The van der Waals surface area contributed by atoms with Gasteiger partial charge in [0.1, 0.15) is 0 Å². The molecule has 0 aromatic heterocycles. The molecule has 2 N–H and O–H groups in total. The number of nitrogens with zero attached hydrogens (tertiary/aromatic N) is 1. The van der Waals surface area contributed by atoms with Crippen LogP contribution in [-0.4, -0.2) is 29.9 Å². The van der Waals surface area contributed by atoms with Crippen LogP contribution in [0, 0.1) is 11.8 Å². The zero-order chi connectivity index (χ0) is 16.5. The van der Waals surface area contributed by atoms with Crippen molar-refractivity contribution < 1.29 is 4.79 Å². The Labute approximate surface area is 156 Å². The van der Waals surface area contributed by atoms with Gasteiger partial charge in [-0.3, -0.25) is 4.79 Å². The van der Waals surface area contributed by atoms with E-state index in [9.17, 15) is 4.79 Å². The van der Waals surface area contributed by atoms with Crippen LogP contribution < -0.4 is 5.73 Å². The number of rotatable bonds is 4. The lowest BCUT2D eigenvalue weighted by atomic mass is 9.98. The topological polar surface area (TPSA) is 46.3 Å². The zero-order valence-corrected chi connectivity index (χ0v) is 15.4. The molecule has 134 valence electrons. The Kier molecular flexibility index (Phi) is 5.65. The van der Waals surface area contributed by atoms with Gasteiger partial charge in [-0.25, -0.2) is 0 Å². The van der Waals surface area contributed by atoms with Gasteiger partial charge < -0.3 is 10.6 Å². The number of carbonyl (C=O) groups excluding carboxylic acids is 1. The quantitative estimate of drug-likeness (QED) is 0.904. The fraction of sp³-hybridized carbons (Fsp3) is 0.476. The second kappa shape index (κ2) is 7.76. The number of aryl methyl sites for hydroxylation is 1. The van der Waals surface area contributed by atoms with E-state index in [1.54, 1.807) is 0 Å². The molecular formula is C21H27ClN2O. The van der Waals surface area contributed by atoms with E-state index < -0.39 is 0 Å². The lowest BCUT2D eigenvalue weighted by Gasteiger charge is -2.18. The summed E-state index contributed by atoms with van der Waals surface area (Å²) in [6.07, 6.45) is 4.89. The van der Waals surface area contributed by atoms with Crippen LogP contribution in [0.4, 0.5) is 0 Å². The number of nitrogens with two attached hydrogens (primary N) is 1. The fourth-order valence-corrected chi connectivity index (χ4v) is 4.51.